The van der Waals surface area contributed by atoms with Crippen molar-refractivity contribution in [3.63, 3.8) is 0 Å². The third-order valence-corrected chi connectivity index (χ3v) is 5.93. The molecular formula is C18H23N3O4S. The number of nitro groups is 1. The van der Waals surface area contributed by atoms with Crippen molar-refractivity contribution in [3.05, 3.63) is 69.8 Å². The van der Waals surface area contributed by atoms with Crippen molar-refractivity contribution >= 4 is 21.4 Å². The minimum absolute atomic E-state index is 0.0560. The van der Waals surface area contributed by atoms with Crippen LogP contribution in [0.1, 0.15) is 18.1 Å². The molecular weight excluding hydrogens is 354 g/mol. The van der Waals surface area contributed by atoms with Crippen LogP contribution in [-0.4, -0.2) is 38.3 Å². The standard InChI is InChI=1S/C18H23N3O4S/c1-4-20(13-15-5-9-17(10-6-15)19(2)3)26(24,25)14-16-7-11-18(12-8-16)21(22)23/h5-12H,4,13-14H2,1-3H3. The smallest absolute Gasteiger partial charge is 0.269 e. The molecule has 7 nitrogen and oxygen atoms in total. The molecule has 2 rings (SSSR count). The summed E-state index contributed by atoms with van der Waals surface area (Å²) in [4.78, 5) is 12.2. The van der Waals surface area contributed by atoms with Crippen LogP contribution in [0.15, 0.2) is 48.5 Å². The van der Waals surface area contributed by atoms with Crippen LogP contribution in [0.5, 0.6) is 0 Å². The lowest BCUT2D eigenvalue weighted by molar-refractivity contribution is -0.384. The normalized spacial score (nSPS) is 11.5. The van der Waals surface area contributed by atoms with E-state index in [-0.39, 0.29) is 11.4 Å². The van der Waals surface area contributed by atoms with Crippen LogP contribution in [0.25, 0.3) is 0 Å². The van der Waals surface area contributed by atoms with Gasteiger partial charge in [-0.25, -0.2) is 8.42 Å². The third-order valence-electron chi connectivity index (χ3n) is 4.05. The highest BCUT2D eigenvalue weighted by Crippen LogP contribution is 2.19. The summed E-state index contributed by atoms with van der Waals surface area (Å²) in [5.74, 6) is -0.186. The molecule has 0 heterocycles. The van der Waals surface area contributed by atoms with Crippen molar-refractivity contribution in [1.82, 2.24) is 4.31 Å². The Morgan fingerprint density at radius 1 is 0.962 bits per heavy atom. The summed E-state index contributed by atoms with van der Waals surface area (Å²) in [6.07, 6.45) is 0. The van der Waals surface area contributed by atoms with E-state index in [1.54, 1.807) is 6.92 Å². The van der Waals surface area contributed by atoms with E-state index < -0.39 is 14.9 Å². The van der Waals surface area contributed by atoms with Gasteiger partial charge >= 0.3 is 0 Å². The lowest BCUT2D eigenvalue weighted by Gasteiger charge is -2.21. The zero-order chi connectivity index (χ0) is 19.3. The van der Waals surface area contributed by atoms with Crippen molar-refractivity contribution in [3.8, 4) is 0 Å². The van der Waals surface area contributed by atoms with Crippen LogP contribution in [-0.2, 0) is 22.3 Å². The Kier molecular flexibility index (Phi) is 6.33. The molecule has 0 aliphatic carbocycles. The average molecular weight is 377 g/mol. The first kappa shape index (κ1) is 19.9. The first-order chi connectivity index (χ1) is 12.2. The summed E-state index contributed by atoms with van der Waals surface area (Å²) in [6.45, 7) is 2.44. The fourth-order valence-electron chi connectivity index (χ4n) is 2.53. The summed E-state index contributed by atoms with van der Waals surface area (Å²) < 4.78 is 26.8. The van der Waals surface area contributed by atoms with Crippen LogP contribution >= 0.6 is 0 Å². The highest BCUT2D eigenvalue weighted by Gasteiger charge is 2.21. The van der Waals surface area contributed by atoms with Gasteiger partial charge < -0.3 is 4.90 Å². The summed E-state index contributed by atoms with van der Waals surface area (Å²) in [5.41, 5.74) is 2.42. The highest BCUT2D eigenvalue weighted by molar-refractivity contribution is 7.88. The predicted octanol–water partition coefficient (Wildman–Crippen LogP) is 3.01. The van der Waals surface area contributed by atoms with E-state index in [0.717, 1.165) is 11.3 Å². The summed E-state index contributed by atoms with van der Waals surface area (Å²) in [5, 5.41) is 10.7. The van der Waals surface area contributed by atoms with Gasteiger partial charge in [0, 0.05) is 45.0 Å². The first-order valence-electron chi connectivity index (χ1n) is 8.20. The Bertz CT molecular complexity index is 847. The zero-order valence-corrected chi connectivity index (χ0v) is 15.9. The molecule has 0 bridgehead atoms. The Labute approximate surface area is 154 Å². The molecule has 8 heteroatoms. The lowest BCUT2D eigenvalue weighted by Crippen LogP contribution is -2.31. The van der Waals surface area contributed by atoms with Gasteiger partial charge in [0.15, 0.2) is 0 Å². The Hall–Kier alpha value is -2.45. The molecule has 0 saturated carbocycles. The molecule has 26 heavy (non-hydrogen) atoms. The van der Waals surface area contributed by atoms with Gasteiger partial charge in [-0.3, -0.25) is 10.1 Å². The molecule has 0 N–H and O–H groups in total. The Morgan fingerprint density at radius 2 is 1.50 bits per heavy atom. The van der Waals surface area contributed by atoms with E-state index in [2.05, 4.69) is 0 Å². The van der Waals surface area contributed by atoms with Gasteiger partial charge in [-0.2, -0.15) is 4.31 Å². The molecule has 0 radical (unpaired) electrons. The number of anilines is 1. The monoisotopic (exact) mass is 377 g/mol. The Balaban J connectivity index is 2.12. The van der Waals surface area contributed by atoms with Gasteiger partial charge in [-0.15, -0.1) is 0 Å². The zero-order valence-electron chi connectivity index (χ0n) is 15.1. The predicted molar refractivity (Wildman–Crippen MR) is 103 cm³/mol. The molecule has 0 spiro atoms. The summed E-state index contributed by atoms with van der Waals surface area (Å²) >= 11 is 0. The molecule has 0 atom stereocenters. The van der Waals surface area contributed by atoms with Gasteiger partial charge in [-0.05, 0) is 23.3 Å². The van der Waals surface area contributed by atoms with E-state index in [1.165, 1.54) is 28.6 Å². The molecule has 140 valence electrons. The molecule has 0 amide bonds. The topological polar surface area (TPSA) is 83.8 Å². The fourth-order valence-corrected chi connectivity index (χ4v) is 4.06. The second-order valence-electron chi connectivity index (χ2n) is 6.17. The van der Waals surface area contributed by atoms with Crippen molar-refractivity contribution in [2.45, 2.75) is 19.2 Å². The van der Waals surface area contributed by atoms with Crippen LogP contribution in [0.2, 0.25) is 0 Å². The van der Waals surface area contributed by atoms with Crippen molar-refractivity contribution in [2.24, 2.45) is 0 Å². The van der Waals surface area contributed by atoms with Crippen LogP contribution in [0.3, 0.4) is 0 Å². The van der Waals surface area contributed by atoms with Crippen LogP contribution in [0.4, 0.5) is 11.4 Å². The van der Waals surface area contributed by atoms with Crippen molar-refractivity contribution < 1.29 is 13.3 Å². The minimum Gasteiger partial charge on any atom is -0.378 e. The fraction of sp³-hybridized carbons (Fsp3) is 0.333. The SMILES string of the molecule is CCN(Cc1ccc(N(C)C)cc1)S(=O)(=O)Cc1ccc([N+](=O)[O-])cc1. The number of sulfonamides is 1. The molecule has 2 aromatic carbocycles. The number of hydrogen-bond donors (Lipinski definition) is 0. The van der Waals surface area contributed by atoms with E-state index in [4.69, 9.17) is 0 Å². The van der Waals surface area contributed by atoms with Crippen molar-refractivity contribution in [2.75, 3.05) is 25.5 Å². The first-order valence-corrected chi connectivity index (χ1v) is 9.81. The number of nitrogens with zero attached hydrogens (tertiary/aromatic N) is 3. The van der Waals surface area contributed by atoms with Gasteiger partial charge in [0.05, 0.1) is 10.7 Å². The van der Waals surface area contributed by atoms with Crippen LogP contribution in [0, 0.1) is 10.1 Å². The maximum atomic E-state index is 12.7. The van der Waals surface area contributed by atoms with Gasteiger partial charge in [-0.1, -0.05) is 31.2 Å². The Morgan fingerprint density at radius 3 is 1.96 bits per heavy atom. The van der Waals surface area contributed by atoms with E-state index >= 15 is 0 Å². The van der Waals surface area contributed by atoms with Crippen molar-refractivity contribution in [1.29, 1.82) is 0 Å². The highest BCUT2D eigenvalue weighted by atomic mass is 32.2. The van der Waals surface area contributed by atoms with Gasteiger partial charge in [0.25, 0.3) is 5.69 Å². The quantitative estimate of drug-likeness (QED) is 0.521. The molecule has 0 aromatic heterocycles. The summed E-state index contributed by atoms with van der Waals surface area (Å²) in [7, 11) is 0.363. The number of non-ortho nitro benzene ring substituents is 1. The molecule has 2 aromatic rings. The average Bonchev–Trinajstić information content (AvgIpc) is 2.60. The van der Waals surface area contributed by atoms with Gasteiger partial charge in [0.1, 0.15) is 0 Å². The van der Waals surface area contributed by atoms with E-state index in [0.29, 0.717) is 18.7 Å². The lowest BCUT2D eigenvalue weighted by atomic mass is 10.2. The molecule has 0 aliphatic heterocycles. The summed E-state index contributed by atoms with van der Waals surface area (Å²) in [6, 6.07) is 13.3. The number of rotatable bonds is 8. The maximum Gasteiger partial charge on any atom is 0.269 e. The van der Waals surface area contributed by atoms with Gasteiger partial charge in [0.2, 0.25) is 10.0 Å². The van der Waals surface area contributed by atoms with E-state index in [9.17, 15) is 18.5 Å². The second kappa shape index (κ2) is 8.29. The number of nitro benzene ring substituents is 1. The minimum atomic E-state index is -3.53. The van der Waals surface area contributed by atoms with Crippen LogP contribution < -0.4 is 4.90 Å². The second-order valence-corrected chi connectivity index (χ2v) is 8.14. The largest absolute Gasteiger partial charge is 0.378 e. The molecule has 0 fully saturated rings. The molecule has 0 unspecified atom stereocenters. The molecule has 0 aliphatic rings. The maximum absolute atomic E-state index is 12.7. The third kappa shape index (κ3) is 5.03. The molecule has 0 saturated heterocycles. The van der Waals surface area contributed by atoms with E-state index in [1.807, 2.05) is 43.3 Å². The number of hydrogen-bond acceptors (Lipinski definition) is 5. The number of benzene rings is 2.